The lowest BCUT2D eigenvalue weighted by Gasteiger charge is -2.14. The lowest BCUT2D eigenvalue weighted by molar-refractivity contribution is 0.408. The van der Waals surface area contributed by atoms with Gasteiger partial charge < -0.3 is 15.2 Å². The highest BCUT2D eigenvalue weighted by Crippen LogP contribution is 2.36. The van der Waals surface area contributed by atoms with E-state index in [0.29, 0.717) is 11.4 Å². The first kappa shape index (κ1) is 13.2. The zero-order chi connectivity index (χ0) is 14.0. The normalized spacial score (nSPS) is 10.3. The smallest absolute Gasteiger partial charge is 0.167 e. The van der Waals surface area contributed by atoms with E-state index in [1.54, 1.807) is 26.5 Å². The summed E-state index contributed by atoms with van der Waals surface area (Å²) in [4.78, 5) is 4.37. The Labute approximate surface area is 113 Å². The molecule has 0 unspecified atom stereocenters. The molecule has 2 aromatic rings. The van der Waals surface area contributed by atoms with E-state index in [-0.39, 0.29) is 0 Å². The van der Waals surface area contributed by atoms with Crippen molar-refractivity contribution < 1.29 is 9.47 Å². The van der Waals surface area contributed by atoms with Gasteiger partial charge in [-0.05, 0) is 43.2 Å². The van der Waals surface area contributed by atoms with E-state index in [2.05, 4.69) is 4.98 Å². The van der Waals surface area contributed by atoms with Gasteiger partial charge in [-0.15, -0.1) is 0 Å². The van der Waals surface area contributed by atoms with Gasteiger partial charge in [0.15, 0.2) is 5.75 Å². The van der Waals surface area contributed by atoms with Crippen LogP contribution in [-0.2, 0) is 0 Å². The van der Waals surface area contributed by atoms with Gasteiger partial charge in [-0.2, -0.15) is 0 Å². The summed E-state index contributed by atoms with van der Waals surface area (Å²) in [6, 6.07) is 5.78. The minimum atomic E-state index is 0.582. The van der Waals surface area contributed by atoms with Gasteiger partial charge in [-0.3, -0.25) is 4.98 Å². The highest BCUT2D eigenvalue weighted by Gasteiger charge is 2.13. The van der Waals surface area contributed by atoms with Crippen molar-refractivity contribution in [3.63, 3.8) is 0 Å². The third kappa shape index (κ3) is 2.34. The van der Waals surface area contributed by atoms with E-state index in [1.165, 1.54) is 0 Å². The molecular weight excluding hydrogens is 240 g/mol. The number of hydrogen-bond acceptors (Lipinski definition) is 4. The van der Waals surface area contributed by atoms with Gasteiger partial charge in [0.1, 0.15) is 11.4 Å². The minimum Gasteiger partial charge on any atom is -0.496 e. The average molecular weight is 258 g/mol. The maximum Gasteiger partial charge on any atom is 0.167 e. The highest BCUT2D eigenvalue weighted by atomic mass is 16.5. The van der Waals surface area contributed by atoms with Crippen LogP contribution in [0.4, 0.5) is 5.69 Å². The monoisotopic (exact) mass is 258 g/mol. The van der Waals surface area contributed by atoms with Crippen LogP contribution in [0.5, 0.6) is 11.5 Å². The van der Waals surface area contributed by atoms with Gasteiger partial charge in [0.25, 0.3) is 0 Å². The molecule has 0 aliphatic carbocycles. The molecule has 2 rings (SSSR count). The lowest BCUT2D eigenvalue weighted by atomic mass is 10.0. The number of hydrogen-bond donors (Lipinski definition) is 1. The number of pyridine rings is 1. The van der Waals surface area contributed by atoms with Crippen LogP contribution in [0.2, 0.25) is 0 Å². The number of benzene rings is 1. The number of nitrogen functional groups attached to an aromatic ring is 1. The Bertz CT molecular complexity index is 586. The summed E-state index contributed by atoms with van der Waals surface area (Å²) >= 11 is 0. The predicted molar refractivity (Wildman–Crippen MR) is 76.7 cm³/mol. The molecule has 4 nitrogen and oxygen atoms in total. The largest absolute Gasteiger partial charge is 0.496 e. The van der Waals surface area contributed by atoms with Crippen molar-refractivity contribution in [2.45, 2.75) is 13.8 Å². The highest BCUT2D eigenvalue weighted by molar-refractivity contribution is 5.75. The molecule has 0 atom stereocenters. The van der Waals surface area contributed by atoms with E-state index < -0.39 is 0 Å². The van der Waals surface area contributed by atoms with Crippen LogP contribution in [-0.4, -0.2) is 19.2 Å². The Balaban J connectivity index is 2.63. The second kappa shape index (κ2) is 5.18. The molecule has 1 aromatic heterocycles. The molecule has 0 fully saturated rings. The van der Waals surface area contributed by atoms with E-state index in [9.17, 15) is 0 Å². The maximum absolute atomic E-state index is 5.91. The average Bonchev–Trinajstić information content (AvgIpc) is 2.38. The molecule has 0 aliphatic rings. The Morgan fingerprint density at radius 3 is 2.11 bits per heavy atom. The predicted octanol–water partition coefficient (Wildman–Crippen LogP) is 2.96. The molecular formula is C15H18N2O2. The molecule has 0 saturated carbocycles. The maximum atomic E-state index is 5.91. The number of rotatable bonds is 3. The quantitative estimate of drug-likeness (QED) is 0.919. The first-order chi connectivity index (χ1) is 9.08. The van der Waals surface area contributed by atoms with Gasteiger partial charge in [0.05, 0.1) is 19.9 Å². The first-order valence-corrected chi connectivity index (χ1v) is 6.02. The molecule has 0 amide bonds. The third-order valence-corrected chi connectivity index (χ3v) is 3.08. The lowest BCUT2D eigenvalue weighted by Crippen LogP contribution is -1.98. The molecule has 100 valence electrons. The van der Waals surface area contributed by atoms with Crippen molar-refractivity contribution in [3.8, 4) is 22.8 Å². The molecule has 1 heterocycles. The molecule has 4 heteroatoms. The Kier molecular flexibility index (Phi) is 3.60. The molecule has 19 heavy (non-hydrogen) atoms. The second-order valence-corrected chi connectivity index (χ2v) is 4.43. The van der Waals surface area contributed by atoms with Crippen molar-refractivity contribution in [2.24, 2.45) is 0 Å². The number of aromatic nitrogens is 1. The fourth-order valence-corrected chi connectivity index (χ4v) is 2.29. The van der Waals surface area contributed by atoms with Gasteiger partial charge >= 0.3 is 0 Å². The van der Waals surface area contributed by atoms with Crippen LogP contribution in [0, 0.1) is 13.8 Å². The zero-order valence-corrected chi connectivity index (χ0v) is 11.7. The molecule has 2 N–H and O–H groups in total. The third-order valence-electron chi connectivity index (χ3n) is 3.08. The SMILES string of the molecule is COc1c(C)cc(-c2nccc(N)c2OC)cc1C. The first-order valence-electron chi connectivity index (χ1n) is 6.02. The van der Waals surface area contributed by atoms with E-state index in [4.69, 9.17) is 15.2 Å². The fraction of sp³-hybridized carbons (Fsp3) is 0.267. The van der Waals surface area contributed by atoms with Crippen molar-refractivity contribution in [2.75, 3.05) is 20.0 Å². The number of nitrogens with zero attached hydrogens (tertiary/aromatic N) is 1. The summed E-state index contributed by atoms with van der Waals surface area (Å²) < 4.78 is 10.7. The van der Waals surface area contributed by atoms with Crippen molar-refractivity contribution in [1.82, 2.24) is 4.98 Å². The fourth-order valence-electron chi connectivity index (χ4n) is 2.29. The molecule has 0 aliphatic heterocycles. The number of nitrogens with two attached hydrogens (primary N) is 1. The Morgan fingerprint density at radius 2 is 1.58 bits per heavy atom. The van der Waals surface area contributed by atoms with Gasteiger partial charge in [-0.25, -0.2) is 0 Å². The van der Waals surface area contributed by atoms with Crippen LogP contribution in [0.15, 0.2) is 24.4 Å². The zero-order valence-electron chi connectivity index (χ0n) is 11.7. The molecule has 0 spiro atoms. The number of methoxy groups -OCH3 is 2. The number of ether oxygens (including phenoxy) is 2. The number of aryl methyl sites for hydroxylation is 2. The summed E-state index contributed by atoms with van der Waals surface area (Å²) in [6.07, 6.45) is 1.68. The standard InChI is InChI=1S/C15H18N2O2/c1-9-7-11(8-10(2)14(9)18-3)13-15(19-4)12(16)5-6-17-13/h5-8H,1-4H3,(H2,16,17). The topological polar surface area (TPSA) is 57.4 Å². The van der Waals surface area contributed by atoms with Crippen molar-refractivity contribution >= 4 is 5.69 Å². The number of anilines is 1. The minimum absolute atomic E-state index is 0.582. The van der Waals surface area contributed by atoms with Crippen LogP contribution in [0.3, 0.4) is 0 Å². The van der Waals surface area contributed by atoms with Gasteiger partial charge in [-0.1, -0.05) is 0 Å². The van der Waals surface area contributed by atoms with Crippen LogP contribution < -0.4 is 15.2 Å². The van der Waals surface area contributed by atoms with E-state index in [0.717, 1.165) is 28.1 Å². The molecule has 0 radical (unpaired) electrons. The molecule has 1 aromatic carbocycles. The summed E-state index contributed by atoms with van der Waals surface area (Å²) in [5.74, 6) is 1.50. The Hall–Kier alpha value is -2.23. The summed E-state index contributed by atoms with van der Waals surface area (Å²) in [6.45, 7) is 4.02. The summed E-state index contributed by atoms with van der Waals surface area (Å²) in [7, 11) is 3.27. The molecule has 0 saturated heterocycles. The Morgan fingerprint density at radius 1 is 1.00 bits per heavy atom. The van der Waals surface area contributed by atoms with Crippen molar-refractivity contribution in [3.05, 3.63) is 35.5 Å². The summed E-state index contributed by atoms with van der Waals surface area (Å²) in [5.41, 5.74) is 10.3. The van der Waals surface area contributed by atoms with Crippen LogP contribution in [0.25, 0.3) is 11.3 Å². The van der Waals surface area contributed by atoms with E-state index >= 15 is 0 Å². The van der Waals surface area contributed by atoms with E-state index in [1.807, 2.05) is 26.0 Å². The van der Waals surface area contributed by atoms with Gasteiger partial charge in [0.2, 0.25) is 0 Å². The summed E-state index contributed by atoms with van der Waals surface area (Å²) in [5, 5.41) is 0. The van der Waals surface area contributed by atoms with Crippen LogP contribution in [0.1, 0.15) is 11.1 Å². The van der Waals surface area contributed by atoms with Gasteiger partial charge in [0, 0.05) is 11.8 Å². The van der Waals surface area contributed by atoms with Crippen molar-refractivity contribution in [1.29, 1.82) is 0 Å². The van der Waals surface area contributed by atoms with Crippen LogP contribution >= 0.6 is 0 Å². The molecule has 0 bridgehead atoms. The second-order valence-electron chi connectivity index (χ2n) is 4.43.